The zero-order valence-corrected chi connectivity index (χ0v) is 15.5. The van der Waals surface area contributed by atoms with Gasteiger partial charge in [-0.25, -0.2) is 0 Å². The van der Waals surface area contributed by atoms with Gasteiger partial charge in [-0.3, -0.25) is 9.59 Å². The molecule has 0 spiro atoms. The Kier molecular flexibility index (Phi) is 4.22. The van der Waals surface area contributed by atoms with Crippen molar-refractivity contribution in [1.29, 1.82) is 0 Å². The van der Waals surface area contributed by atoms with Crippen LogP contribution in [0.3, 0.4) is 0 Å². The van der Waals surface area contributed by atoms with Crippen LogP contribution in [-0.2, 0) is 9.59 Å². The van der Waals surface area contributed by atoms with Crippen LogP contribution in [0.25, 0.3) is 0 Å². The van der Waals surface area contributed by atoms with Crippen molar-refractivity contribution in [3.63, 3.8) is 0 Å². The first-order valence-electron chi connectivity index (χ1n) is 10.0. The summed E-state index contributed by atoms with van der Waals surface area (Å²) in [4.78, 5) is 24.2. The third-order valence-corrected chi connectivity index (χ3v) is 8.70. The molecule has 4 aliphatic carbocycles. The van der Waals surface area contributed by atoms with Gasteiger partial charge in [0.1, 0.15) is 6.61 Å². The lowest BCUT2D eigenvalue weighted by Gasteiger charge is -2.61. The average molecular weight is 362 g/mol. The zero-order chi connectivity index (χ0) is 18.7. The normalized spacial score (nSPS) is 47.6. The Morgan fingerprint density at radius 2 is 1.88 bits per heavy atom. The minimum Gasteiger partial charge on any atom is -0.395 e. The molecule has 3 N–H and O–H groups in total. The van der Waals surface area contributed by atoms with Gasteiger partial charge in [-0.05, 0) is 62.9 Å². The summed E-state index contributed by atoms with van der Waals surface area (Å²) in [6.07, 6.45) is 7.22. The molecule has 0 aromatic heterocycles. The molecule has 0 radical (unpaired) electrons. The molecule has 0 saturated heterocycles. The minimum absolute atomic E-state index is 0.0269. The fraction of sp³-hybridized carbons (Fsp3) is 0.810. The van der Waals surface area contributed by atoms with E-state index in [1.165, 1.54) is 0 Å². The largest absolute Gasteiger partial charge is 0.395 e. The smallest absolute Gasteiger partial charge is 0.161 e. The van der Waals surface area contributed by atoms with Crippen molar-refractivity contribution in [2.75, 3.05) is 13.2 Å². The van der Waals surface area contributed by atoms with E-state index in [4.69, 9.17) is 0 Å². The molecule has 4 aliphatic rings. The van der Waals surface area contributed by atoms with Gasteiger partial charge < -0.3 is 15.3 Å². The molecular formula is C21H30O5. The van der Waals surface area contributed by atoms with Crippen molar-refractivity contribution in [3.05, 3.63) is 11.6 Å². The van der Waals surface area contributed by atoms with E-state index in [0.717, 1.165) is 31.3 Å². The van der Waals surface area contributed by atoms with Gasteiger partial charge in [0.05, 0.1) is 12.2 Å². The van der Waals surface area contributed by atoms with E-state index >= 15 is 0 Å². The van der Waals surface area contributed by atoms with E-state index < -0.39 is 17.6 Å². The quantitative estimate of drug-likeness (QED) is 0.711. The molecule has 144 valence electrons. The number of hydrogen-bond donors (Lipinski definition) is 3. The molecular weight excluding hydrogens is 332 g/mol. The van der Waals surface area contributed by atoms with Crippen LogP contribution in [0.2, 0.25) is 0 Å². The molecule has 5 heteroatoms. The van der Waals surface area contributed by atoms with Gasteiger partial charge in [-0.1, -0.05) is 12.5 Å². The number of carbonyl (C=O) groups excluding carboxylic acids is 2. The van der Waals surface area contributed by atoms with E-state index in [9.17, 15) is 24.9 Å². The summed E-state index contributed by atoms with van der Waals surface area (Å²) in [6.45, 7) is 1.59. The third kappa shape index (κ3) is 2.14. The lowest BCUT2D eigenvalue weighted by Crippen LogP contribution is -2.62. The highest BCUT2D eigenvalue weighted by molar-refractivity contribution is 5.91. The zero-order valence-electron chi connectivity index (χ0n) is 15.5. The van der Waals surface area contributed by atoms with Crippen LogP contribution in [0.1, 0.15) is 58.3 Å². The molecule has 0 aromatic rings. The molecule has 3 fully saturated rings. The first kappa shape index (κ1) is 18.3. The third-order valence-electron chi connectivity index (χ3n) is 8.70. The Labute approximate surface area is 154 Å². The van der Waals surface area contributed by atoms with Crippen molar-refractivity contribution in [1.82, 2.24) is 0 Å². The van der Waals surface area contributed by atoms with Gasteiger partial charge in [-0.2, -0.15) is 0 Å². The van der Waals surface area contributed by atoms with E-state index in [2.05, 4.69) is 0 Å². The van der Waals surface area contributed by atoms with Crippen molar-refractivity contribution in [3.8, 4) is 0 Å². The highest BCUT2D eigenvalue weighted by Gasteiger charge is 2.68. The fourth-order valence-electron chi connectivity index (χ4n) is 7.26. The molecule has 0 bridgehead atoms. The number of fused-ring (bicyclic) bond motifs is 5. The molecule has 4 rings (SSSR count). The molecule has 0 amide bonds. The molecule has 5 nitrogen and oxygen atoms in total. The SMILES string of the molecule is C[C@@]12CC[C@@H]3[C@H](CCC4=CC(=O)CC[C@@]43CO)[C@@]1(O)CC[C@H]2C(=O)CO. The molecule has 0 unspecified atom stereocenters. The summed E-state index contributed by atoms with van der Waals surface area (Å²) in [5.41, 5.74) is -0.741. The van der Waals surface area contributed by atoms with Crippen molar-refractivity contribution < 1.29 is 24.9 Å². The second-order valence-electron chi connectivity index (χ2n) is 9.30. The lowest BCUT2D eigenvalue weighted by molar-refractivity contribution is -0.191. The second-order valence-corrected chi connectivity index (χ2v) is 9.30. The van der Waals surface area contributed by atoms with Crippen LogP contribution >= 0.6 is 0 Å². The highest BCUT2D eigenvalue weighted by atomic mass is 16.3. The molecule has 0 aromatic carbocycles. The van der Waals surface area contributed by atoms with E-state index in [0.29, 0.717) is 25.7 Å². The summed E-state index contributed by atoms with van der Waals surface area (Å²) in [7, 11) is 0. The topological polar surface area (TPSA) is 94.8 Å². The van der Waals surface area contributed by atoms with Gasteiger partial charge in [0.25, 0.3) is 0 Å². The average Bonchev–Trinajstić information content (AvgIpc) is 2.92. The number of carbonyl (C=O) groups is 2. The van der Waals surface area contributed by atoms with Gasteiger partial charge in [0.2, 0.25) is 0 Å². The first-order valence-corrected chi connectivity index (χ1v) is 10.0. The number of rotatable bonds is 3. The minimum atomic E-state index is -0.930. The number of Topliss-reactive ketones (excluding diaryl/α,β-unsaturated/α-hetero) is 1. The van der Waals surface area contributed by atoms with Gasteiger partial charge in [0.15, 0.2) is 11.6 Å². The molecule has 3 saturated carbocycles. The number of hydrogen-bond acceptors (Lipinski definition) is 5. The molecule has 0 heterocycles. The van der Waals surface area contributed by atoms with Gasteiger partial charge in [0, 0.05) is 23.2 Å². The molecule has 26 heavy (non-hydrogen) atoms. The number of aliphatic hydroxyl groups is 3. The second kappa shape index (κ2) is 5.98. The van der Waals surface area contributed by atoms with Crippen LogP contribution < -0.4 is 0 Å². The first-order chi connectivity index (χ1) is 12.3. The summed E-state index contributed by atoms with van der Waals surface area (Å²) in [6, 6.07) is 0. The standard InChI is InChI=1S/C21H30O5/c1-19-7-5-15-16(21(19,26)9-6-17(19)18(25)11-22)3-2-13-10-14(24)4-8-20(13,15)12-23/h10,15-17,22-23,26H,2-9,11-12H2,1H3/t15-,16+,17+,19+,20-,21+/m1/s1. The predicted molar refractivity (Wildman–Crippen MR) is 95.2 cm³/mol. The molecule has 6 atom stereocenters. The Morgan fingerprint density at radius 3 is 2.58 bits per heavy atom. The van der Waals surface area contributed by atoms with Crippen molar-refractivity contribution in [2.45, 2.75) is 63.9 Å². The lowest BCUT2D eigenvalue weighted by atomic mass is 9.45. The van der Waals surface area contributed by atoms with Gasteiger partial charge in [-0.15, -0.1) is 0 Å². The van der Waals surface area contributed by atoms with Gasteiger partial charge >= 0.3 is 0 Å². The fourth-order valence-corrected chi connectivity index (χ4v) is 7.26. The predicted octanol–water partition coefficient (Wildman–Crippen LogP) is 1.78. The monoisotopic (exact) mass is 362 g/mol. The van der Waals surface area contributed by atoms with E-state index in [1.54, 1.807) is 6.08 Å². The summed E-state index contributed by atoms with van der Waals surface area (Å²) in [5.74, 6) is -0.0972. The van der Waals surface area contributed by atoms with Crippen LogP contribution in [0.4, 0.5) is 0 Å². The van der Waals surface area contributed by atoms with E-state index in [1.807, 2.05) is 6.92 Å². The maximum absolute atomic E-state index is 12.3. The van der Waals surface area contributed by atoms with Crippen LogP contribution in [0.5, 0.6) is 0 Å². The van der Waals surface area contributed by atoms with Crippen molar-refractivity contribution >= 4 is 11.6 Å². The van der Waals surface area contributed by atoms with E-state index in [-0.39, 0.29) is 41.3 Å². The van der Waals surface area contributed by atoms with Crippen molar-refractivity contribution in [2.24, 2.45) is 28.6 Å². The summed E-state index contributed by atoms with van der Waals surface area (Å²) < 4.78 is 0. The summed E-state index contributed by atoms with van der Waals surface area (Å²) in [5, 5.41) is 31.5. The Hall–Kier alpha value is -1.04. The van der Waals surface area contributed by atoms with Crippen LogP contribution in [0, 0.1) is 28.6 Å². The Balaban J connectivity index is 1.73. The number of aliphatic hydroxyl groups excluding tert-OH is 2. The maximum atomic E-state index is 12.3. The number of ketones is 2. The molecule has 0 aliphatic heterocycles. The van der Waals surface area contributed by atoms with Crippen LogP contribution in [-0.4, -0.2) is 45.7 Å². The van der Waals surface area contributed by atoms with Crippen LogP contribution in [0.15, 0.2) is 11.6 Å². The highest BCUT2D eigenvalue weighted by Crippen LogP contribution is 2.68. The summed E-state index contributed by atoms with van der Waals surface area (Å²) >= 11 is 0. The Bertz CT molecular complexity index is 669. The Morgan fingerprint density at radius 1 is 1.12 bits per heavy atom. The maximum Gasteiger partial charge on any atom is 0.161 e.